The summed E-state index contributed by atoms with van der Waals surface area (Å²) in [5, 5.41) is 4.17. The van der Waals surface area contributed by atoms with E-state index in [9.17, 15) is 4.79 Å². The maximum Gasteiger partial charge on any atom is 0.162 e. The number of aldehydes is 1. The lowest BCUT2D eigenvalue weighted by Crippen LogP contribution is -1.98. The van der Waals surface area contributed by atoms with E-state index in [1.807, 2.05) is 10.9 Å². The van der Waals surface area contributed by atoms with Gasteiger partial charge in [-0.15, -0.1) is 0 Å². The van der Waals surface area contributed by atoms with Crippen LogP contribution in [0.3, 0.4) is 0 Å². The summed E-state index contributed by atoms with van der Waals surface area (Å²) in [7, 11) is 1.57. The number of ether oxygens (including phenoxy) is 2. The highest BCUT2D eigenvalue weighted by Gasteiger charge is 2.07. The minimum Gasteiger partial charge on any atom is -0.493 e. The highest BCUT2D eigenvalue weighted by atomic mass is 127. The van der Waals surface area contributed by atoms with Crippen LogP contribution in [0.1, 0.15) is 15.9 Å². The molecule has 0 fully saturated rings. The molecule has 6 heteroatoms. The molecule has 0 N–H and O–H groups in total. The maximum atomic E-state index is 10.8. The number of hydrogen-bond donors (Lipinski definition) is 0. The maximum absolute atomic E-state index is 10.8. The molecular weight excluding hydrogens is 359 g/mol. The van der Waals surface area contributed by atoms with Gasteiger partial charge in [-0.25, -0.2) is 0 Å². The highest BCUT2D eigenvalue weighted by molar-refractivity contribution is 14.1. The quantitative estimate of drug-likeness (QED) is 0.445. The standard InChI is InChI=1S/C13H13IN2O3/c1-18-12-3-2-10(7-17)4-13(12)19-8-11-5-15-16(6-11)9-14/h2-7H,8-9H2,1H3. The second-order valence-corrected chi connectivity index (χ2v) is 4.51. The van der Waals surface area contributed by atoms with Gasteiger partial charge in [-0.1, -0.05) is 22.6 Å². The molecule has 1 aromatic heterocycles. The summed E-state index contributed by atoms with van der Waals surface area (Å²) in [5.41, 5.74) is 1.52. The van der Waals surface area contributed by atoms with Crippen molar-refractivity contribution in [2.24, 2.45) is 0 Å². The third-order valence-electron chi connectivity index (χ3n) is 2.53. The third-order valence-corrected chi connectivity index (χ3v) is 3.23. The number of methoxy groups -OCH3 is 1. The summed E-state index contributed by atoms with van der Waals surface area (Å²) in [6.45, 7) is 0.384. The van der Waals surface area contributed by atoms with Crippen LogP contribution in [0.2, 0.25) is 0 Å². The molecule has 0 aliphatic heterocycles. The molecule has 0 aliphatic rings. The summed E-state index contributed by atoms with van der Waals surface area (Å²) < 4.78 is 13.5. The Kier molecular flexibility index (Phi) is 4.78. The number of aromatic nitrogens is 2. The van der Waals surface area contributed by atoms with Crippen LogP contribution in [-0.4, -0.2) is 23.2 Å². The van der Waals surface area contributed by atoms with Crippen molar-refractivity contribution in [2.75, 3.05) is 7.11 Å². The molecule has 2 aromatic rings. The summed E-state index contributed by atoms with van der Waals surface area (Å²) >= 11 is 2.23. The lowest BCUT2D eigenvalue weighted by molar-refractivity contribution is 0.112. The van der Waals surface area contributed by atoms with Gasteiger partial charge in [-0.2, -0.15) is 5.10 Å². The van der Waals surface area contributed by atoms with Crippen molar-refractivity contribution in [2.45, 2.75) is 11.2 Å². The van der Waals surface area contributed by atoms with E-state index in [1.165, 1.54) is 0 Å². The van der Waals surface area contributed by atoms with Gasteiger partial charge in [0.15, 0.2) is 11.5 Å². The minimum absolute atomic E-state index is 0.384. The van der Waals surface area contributed by atoms with Gasteiger partial charge >= 0.3 is 0 Å². The van der Waals surface area contributed by atoms with Crippen LogP contribution in [0.4, 0.5) is 0 Å². The first kappa shape index (κ1) is 13.9. The minimum atomic E-state index is 0.384. The van der Waals surface area contributed by atoms with E-state index in [1.54, 1.807) is 31.5 Å². The van der Waals surface area contributed by atoms with Crippen LogP contribution < -0.4 is 9.47 Å². The van der Waals surface area contributed by atoms with Gasteiger partial charge in [0.05, 0.1) is 17.9 Å². The van der Waals surface area contributed by atoms with Crippen LogP contribution in [-0.2, 0) is 11.2 Å². The van der Waals surface area contributed by atoms with Crippen molar-refractivity contribution in [3.63, 3.8) is 0 Å². The number of hydrogen-bond acceptors (Lipinski definition) is 4. The second-order valence-electron chi connectivity index (χ2n) is 3.82. The zero-order valence-corrected chi connectivity index (χ0v) is 12.5. The summed E-state index contributed by atoms with van der Waals surface area (Å²) in [4.78, 5) is 10.8. The fourth-order valence-corrected chi connectivity index (χ4v) is 1.96. The fraction of sp³-hybridized carbons (Fsp3) is 0.231. The van der Waals surface area contributed by atoms with E-state index in [0.29, 0.717) is 23.7 Å². The van der Waals surface area contributed by atoms with Crippen molar-refractivity contribution < 1.29 is 14.3 Å². The molecule has 0 amide bonds. The molecule has 0 saturated carbocycles. The van der Waals surface area contributed by atoms with Crippen LogP contribution in [0, 0.1) is 0 Å². The predicted molar refractivity (Wildman–Crippen MR) is 79.0 cm³/mol. The smallest absolute Gasteiger partial charge is 0.162 e. The molecule has 5 nitrogen and oxygen atoms in total. The first-order valence-corrected chi connectivity index (χ1v) is 7.12. The molecule has 0 radical (unpaired) electrons. The number of carbonyl (C=O) groups excluding carboxylic acids is 1. The normalized spacial score (nSPS) is 10.2. The van der Waals surface area contributed by atoms with Crippen molar-refractivity contribution in [3.05, 3.63) is 41.7 Å². The van der Waals surface area contributed by atoms with E-state index >= 15 is 0 Å². The second kappa shape index (κ2) is 6.55. The number of nitrogens with zero attached hydrogens (tertiary/aromatic N) is 2. The van der Waals surface area contributed by atoms with Gasteiger partial charge in [0, 0.05) is 17.3 Å². The number of rotatable bonds is 6. The lowest BCUT2D eigenvalue weighted by atomic mass is 10.2. The molecule has 0 atom stereocenters. The molecule has 0 saturated heterocycles. The fourth-order valence-electron chi connectivity index (χ4n) is 1.59. The average Bonchev–Trinajstić information content (AvgIpc) is 2.92. The Morgan fingerprint density at radius 1 is 1.42 bits per heavy atom. The first-order chi connectivity index (χ1) is 9.26. The summed E-state index contributed by atoms with van der Waals surface area (Å²) in [6, 6.07) is 5.06. The Morgan fingerprint density at radius 2 is 2.26 bits per heavy atom. The number of benzene rings is 1. The van der Waals surface area contributed by atoms with Crippen molar-refractivity contribution in [1.29, 1.82) is 0 Å². The number of halogens is 1. The zero-order chi connectivity index (χ0) is 13.7. The van der Waals surface area contributed by atoms with Crippen molar-refractivity contribution >= 4 is 28.9 Å². The number of alkyl halides is 1. The van der Waals surface area contributed by atoms with E-state index in [-0.39, 0.29) is 0 Å². The Labute approximate surface area is 124 Å². The molecule has 1 heterocycles. The zero-order valence-electron chi connectivity index (χ0n) is 10.4. The van der Waals surface area contributed by atoms with Gasteiger partial charge in [0.1, 0.15) is 12.9 Å². The molecule has 0 aliphatic carbocycles. The van der Waals surface area contributed by atoms with Gasteiger partial charge in [0.2, 0.25) is 0 Å². The number of carbonyl (C=O) groups is 1. The topological polar surface area (TPSA) is 53.4 Å². The van der Waals surface area contributed by atoms with Crippen LogP contribution in [0.5, 0.6) is 11.5 Å². The largest absolute Gasteiger partial charge is 0.493 e. The Bertz CT molecular complexity index is 569. The Hall–Kier alpha value is -1.57. The molecular formula is C13H13IN2O3. The molecule has 0 bridgehead atoms. The van der Waals surface area contributed by atoms with Gasteiger partial charge in [-0.05, 0) is 18.2 Å². The molecule has 19 heavy (non-hydrogen) atoms. The van der Waals surface area contributed by atoms with Crippen LogP contribution in [0.25, 0.3) is 0 Å². The lowest BCUT2D eigenvalue weighted by Gasteiger charge is -2.10. The molecule has 100 valence electrons. The highest BCUT2D eigenvalue weighted by Crippen LogP contribution is 2.28. The van der Waals surface area contributed by atoms with Crippen molar-refractivity contribution in [3.8, 4) is 11.5 Å². The molecule has 0 unspecified atom stereocenters. The molecule has 2 rings (SSSR count). The molecule has 1 aromatic carbocycles. The average molecular weight is 372 g/mol. The van der Waals surface area contributed by atoms with E-state index in [2.05, 4.69) is 27.7 Å². The van der Waals surface area contributed by atoms with Gasteiger partial charge < -0.3 is 9.47 Å². The predicted octanol–water partition coefficient (Wildman–Crippen LogP) is 2.68. The van der Waals surface area contributed by atoms with E-state index < -0.39 is 0 Å². The third kappa shape index (κ3) is 3.46. The summed E-state index contributed by atoms with van der Waals surface area (Å²) in [6.07, 6.45) is 4.46. The summed E-state index contributed by atoms with van der Waals surface area (Å²) in [5.74, 6) is 1.15. The SMILES string of the molecule is COc1ccc(C=O)cc1OCc1cnn(CI)c1. The van der Waals surface area contributed by atoms with Crippen molar-refractivity contribution in [1.82, 2.24) is 9.78 Å². The van der Waals surface area contributed by atoms with E-state index in [0.717, 1.165) is 16.4 Å². The molecule has 0 spiro atoms. The first-order valence-electron chi connectivity index (χ1n) is 5.60. The Balaban J connectivity index is 2.11. The van der Waals surface area contributed by atoms with Crippen LogP contribution in [0.15, 0.2) is 30.6 Å². The van der Waals surface area contributed by atoms with E-state index in [4.69, 9.17) is 9.47 Å². The van der Waals surface area contributed by atoms with Crippen LogP contribution >= 0.6 is 22.6 Å². The van der Waals surface area contributed by atoms with Gasteiger partial charge in [0.25, 0.3) is 0 Å². The Morgan fingerprint density at radius 3 is 2.89 bits per heavy atom. The monoisotopic (exact) mass is 372 g/mol. The van der Waals surface area contributed by atoms with Gasteiger partial charge in [-0.3, -0.25) is 9.48 Å².